The van der Waals surface area contributed by atoms with Crippen LogP contribution in [-0.4, -0.2) is 11.8 Å². The first-order chi connectivity index (χ1) is 12.7. The predicted octanol–water partition coefficient (Wildman–Crippen LogP) is 3.85. The van der Waals surface area contributed by atoms with Crippen molar-refractivity contribution < 1.29 is 14.0 Å². The van der Waals surface area contributed by atoms with E-state index in [9.17, 15) is 9.59 Å². The number of carbonyl (C=O) groups excluding carboxylic acids is 2. The van der Waals surface area contributed by atoms with E-state index in [0.717, 1.165) is 10.4 Å². The van der Waals surface area contributed by atoms with Gasteiger partial charge >= 0.3 is 0 Å². The molecular formula is C20H18N2O3S. The van der Waals surface area contributed by atoms with Crippen LogP contribution in [0.15, 0.2) is 70.7 Å². The van der Waals surface area contributed by atoms with Crippen molar-refractivity contribution in [3.8, 4) is 0 Å². The zero-order valence-electron chi connectivity index (χ0n) is 14.0. The third kappa shape index (κ3) is 5.46. The number of thiophene rings is 1. The molecule has 3 rings (SSSR count). The first kappa shape index (κ1) is 17.7. The summed E-state index contributed by atoms with van der Waals surface area (Å²) in [5.41, 5.74) is 1.56. The Morgan fingerprint density at radius 3 is 2.62 bits per heavy atom. The van der Waals surface area contributed by atoms with Gasteiger partial charge in [0.1, 0.15) is 5.76 Å². The molecule has 6 heteroatoms. The second kappa shape index (κ2) is 8.82. The van der Waals surface area contributed by atoms with Gasteiger partial charge in [0.25, 0.3) is 0 Å². The van der Waals surface area contributed by atoms with E-state index in [1.54, 1.807) is 47.9 Å². The van der Waals surface area contributed by atoms with Gasteiger partial charge in [-0.2, -0.15) is 0 Å². The van der Waals surface area contributed by atoms with Gasteiger partial charge in [-0.1, -0.05) is 18.2 Å². The summed E-state index contributed by atoms with van der Waals surface area (Å²) in [6, 6.07) is 14.7. The van der Waals surface area contributed by atoms with Gasteiger partial charge < -0.3 is 15.1 Å². The summed E-state index contributed by atoms with van der Waals surface area (Å²) in [7, 11) is 0. The van der Waals surface area contributed by atoms with E-state index < -0.39 is 0 Å². The van der Waals surface area contributed by atoms with Crippen molar-refractivity contribution in [2.45, 2.75) is 13.0 Å². The lowest BCUT2D eigenvalue weighted by molar-refractivity contribution is -0.120. The lowest BCUT2D eigenvalue weighted by atomic mass is 10.1. The smallest absolute Gasteiger partial charge is 0.248 e. The van der Waals surface area contributed by atoms with Gasteiger partial charge in [-0.05, 0) is 47.4 Å². The molecule has 5 nitrogen and oxygen atoms in total. The lowest BCUT2D eigenvalue weighted by Gasteiger charge is -2.06. The lowest BCUT2D eigenvalue weighted by Crippen LogP contribution is -2.24. The van der Waals surface area contributed by atoms with Gasteiger partial charge in [0, 0.05) is 16.6 Å². The van der Waals surface area contributed by atoms with Crippen LogP contribution in [0.3, 0.4) is 0 Å². The Hall–Kier alpha value is -3.12. The van der Waals surface area contributed by atoms with Crippen LogP contribution in [0.2, 0.25) is 0 Å². The number of anilines is 1. The van der Waals surface area contributed by atoms with Gasteiger partial charge in [-0.25, -0.2) is 0 Å². The van der Waals surface area contributed by atoms with Gasteiger partial charge in [-0.3, -0.25) is 9.59 Å². The van der Waals surface area contributed by atoms with Crippen LogP contribution < -0.4 is 10.6 Å². The molecule has 0 spiro atoms. The molecule has 0 aliphatic rings. The zero-order chi connectivity index (χ0) is 18.2. The zero-order valence-corrected chi connectivity index (χ0v) is 14.8. The van der Waals surface area contributed by atoms with E-state index in [2.05, 4.69) is 10.6 Å². The fourth-order valence-electron chi connectivity index (χ4n) is 2.28. The van der Waals surface area contributed by atoms with E-state index in [1.165, 1.54) is 6.08 Å². The van der Waals surface area contributed by atoms with E-state index >= 15 is 0 Å². The van der Waals surface area contributed by atoms with Crippen LogP contribution in [0.25, 0.3) is 6.08 Å². The topological polar surface area (TPSA) is 71.3 Å². The average molecular weight is 366 g/mol. The SMILES string of the molecule is O=C(C=Cc1ccco1)Nc1ccc(CC(=O)NCc2cccs2)cc1. The number of amides is 2. The standard InChI is InChI=1S/C20H18N2O3S/c23-19(10-9-17-3-1-11-25-17)22-16-7-5-15(6-8-16)13-20(24)21-14-18-4-2-12-26-18/h1-12H,13-14H2,(H,21,24)(H,22,23). The Balaban J connectivity index is 1.46. The number of furan rings is 1. The van der Waals surface area contributed by atoms with Crippen molar-refractivity contribution in [1.29, 1.82) is 0 Å². The number of nitrogens with one attached hydrogen (secondary N) is 2. The highest BCUT2D eigenvalue weighted by Gasteiger charge is 2.05. The second-order valence-corrected chi connectivity index (χ2v) is 6.60. The molecular weight excluding hydrogens is 348 g/mol. The predicted molar refractivity (Wildman–Crippen MR) is 103 cm³/mol. The summed E-state index contributed by atoms with van der Waals surface area (Å²) in [6.07, 6.45) is 4.86. The molecule has 0 unspecified atom stereocenters. The van der Waals surface area contributed by atoms with Crippen molar-refractivity contribution in [1.82, 2.24) is 5.32 Å². The van der Waals surface area contributed by atoms with Crippen LogP contribution in [0.4, 0.5) is 5.69 Å². The Bertz CT molecular complexity index is 866. The molecule has 132 valence electrons. The Morgan fingerprint density at radius 2 is 1.92 bits per heavy atom. The Morgan fingerprint density at radius 1 is 1.08 bits per heavy atom. The highest BCUT2D eigenvalue weighted by Crippen LogP contribution is 2.11. The van der Waals surface area contributed by atoms with Crippen molar-refractivity contribution in [3.05, 3.63) is 82.5 Å². The maximum atomic E-state index is 12.0. The molecule has 26 heavy (non-hydrogen) atoms. The van der Waals surface area contributed by atoms with Gasteiger partial charge in [0.05, 0.1) is 19.2 Å². The van der Waals surface area contributed by atoms with E-state index in [-0.39, 0.29) is 11.8 Å². The molecule has 0 saturated carbocycles. The molecule has 2 amide bonds. The van der Waals surface area contributed by atoms with Gasteiger partial charge in [0.2, 0.25) is 11.8 Å². The summed E-state index contributed by atoms with van der Waals surface area (Å²) >= 11 is 1.62. The van der Waals surface area contributed by atoms with Crippen molar-refractivity contribution in [3.63, 3.8) is 0 Å². The molecule has 0 aliphatic carbocycles. The van der Waals surface area contributed by atoms with Crippen molar-refractivity contribution >= 4 is 34.9 Å². The second-order valence-electron chi connectivity index (χ2n) is 5.57. The van der Waals surface area contributed by atoms with Crippen molar-refractivity contribution in [2.24, 2.45) is 0 Å². The molecule has 2 N–H and O–H groups in total. The Kier molecular flexibility index (Phi) is 6.01. The highest BCUT2D eigenvalue weighted by molar-refractivity contribution is 7.09. The molecule has 0 bridgehead atoms. The first-order valence-corrected chi connectivity index (χ1v) is 8.97. The summed E-state index contributed by atoms with van der Waals surface area (Å²) < 4.78 is 5.13. The minimum atomic E-state index is -0.247. The fourth-order valence-corrected chi connectivity index (χ4v) is 2.93. The molecule has 1 aromatic carbocycles. The Labute approximate surface area is 155 Å². The number of hydrogen-bond acceptors (Lipinski definition) is 4. The minimum absolute atomic E-state index is 0.0310. The van der Waals surface area contributed by atoms with Crippen LogP contribution in [0.5, 0.6) is 0 Å². The maximum Gasteiger partial charge on any atom is 0.248 e. The van der Waals surface area contributed by atoms with E-state index in [0.29, 0.717) is 24.4 Å². The molecule has 2 heterocycles. The summed E-state index contributed by atoms with van der Waals surface area (Å²) in [6.45, 7) is 0.548. The molecule has 0 aliphatic heterocycles. The summed E-state index contributed by atoms with van der Waals surface area (Å²) in [4.78, 5) is 25.0. The van der Waals surface area contributed by atoms with E-state index in [1.807, 2.05) is 29.6 Å². The largest absolute Gasteiger partial charge is 0.465 e. The third-order valence-electron chi connectivity index (χ3n) is 3.57. The maximum absolute atomic E-state index is 12.0. The van der Waals surface area contributed by atoms with Crippen LogP contribution in [-0.2, 0) is 22.6 Å². The summed E-state index contributed by atoms with van der Waals surface area (Å²) in [5.74, 6) is 0.337. The monoisotopic (exact) mass is 366 g/mol. The van der Waals surface area contributed by atoms with E-state index in [4.69, 9.17) is 4.42 Å². The minimum Gasteiger partial charge on any atom is -0.465 e. The number of benzene rings is 1. The fraction of sp³-hybridized carbons (Fsp3) is 0.100. The third-order valence-corrected chi connectivity index (χ3v) is 4.44. The summed E-state index contributed by atoms with van der Waals surface area (Å²) in [5, 5.41) is 7.64. The molecule has 0 radical (unpaired) electrons. The van der Waals surface area contributed by atoms with Crippen molar-refractivity contribution in [2.75, 3.05) is 5.32 Å². The van der Waals surface area contributed by atoms with Gasteiger partial charge in [0.15, 0.2) is 0 Å². The molecule has 0 saturated heterocycles. The van der Waals surface area contributed by atoms with Crippen LogP contribution in [0.1, 0.15) is 16.2 Å². The van der Waals surface area contributed by atoms with Crippen LogP contribution in [0, 0.1) is 0 Å². The van der Waals surface area contributed by atoms with Crippen LogP contribution >= 0.6 is 11.3 Å². The first-order valence-electron chi connectivity index (χ1n) is 8.09. The highest BCUT2D eigenvalue weighted by atomic mass is 32.1. The molecule has 0 atom stereocenters. The number of carbonyl (C=O) groups is 2. The van der Waals surface area contributed by atoms with Gasteiger partial charge in [-0.15, -0.1) is 11.3 Å². The quantitative estimate of drug-likeness (QED) is 0.624. The molecule has 2 aromatic heterocycles. The molecule has 0 fully saturated rings. The normalized spacial score (nSPS) is 10.8. The molecule has 3 aromatic rings. The average Bonchev–Trinajstić information content (AvgIpc) is 3.34. The number of hydrogen-bond donors (Lipinski definition) is 2. The number of rotatable bonds is 7.